The number of nitrogens with zero attached hydrogens (tertiary/aromatic N) is 3. The summed E-state index contributed by atoms with van der Waals surface area (Å²) in [4.78, 5) is 1.90. The molecule has 0 bridgehead atoms. The molecule has 3 rings (SSSR count). The number of aromatic nitrogens is 2. The molecule has 1 aromatic heterocycles. The summed E-state index contributed by atoms with van der Waals surface area (Å²) in [5, 5.41) is 14.2. The van der Waals surface area contributed by atoms with Gasteiger partial charge in [0.1, 0.15) is 0 Å². The van der Waals surface area contributed by atoms with Crippen molar-refractivity contribution in [3.8, 4) is 0 Å². The average Bonchev–Trinajstić information content (AvgIpc) is 3.13. The van der Waals surface area contributed by atoms with Crippen LogP contribution in [0.2, 0.25) is 0 Å². The van der Waals surface area contributed by atoms with Gasteiger partial charge in [0.25, 0.3) is 0 Å². The topological polar surface area (TPSA) is 41.3 Å². The van der Waals surface area contributed by atoms with Gasteiger partial charge >= 0.3 is 6.18 Å². The molecule has 4 nitrogen and oxygen atoms in total. The summed E-state index contributed by atoms with van der Waals surface area (Å²) < 4.78 is 41.7. The summed E-state index contributed by atoms with van der Waals surface area (Å²) in [7, 11) is 0. The van der Waals surface area contributed by atoms with E-state index in [-0.39, 0.29) is 5.56 Å². The second-order valence-corrected chi connectivity index (χ2v) is 6.12. The first-order chi connectivity index (χ1) is 11.4. The van der Waals surface area contributed by atoms with Crippen LogP contribution in [0, 0.1) is 0 Å². The van der Waals surface area contributed by atoms with E-state index in [0.29, 0.717) is 19.5 Å². The van der Waals surface area contributed by atoms with Gasteiger partial charge in [0.05, 0.1) is 17.9 Å². The van der Waals surface area contributed by atoms with Gasteiger partial charge in [-0.25, -0.2) is 0 Å². The summed E-state index contributed by atoms with van der Waals surface area (Å²) in [5.41, 5.74) is 0.531. The number of benzene rings is 1. The Morgan fingerprint density at radius 3 is 2.71 bits per heavy atom. The van der Waals surface area contributed by atoms with E-state index in [4.69, 9.17) is 0 Å². The SMILES string of the molecule is CCn1cc(CN2C[C@H](O)C[C@@H]2c2ccccc2C(F)(F)F)cn1. The third kappa shape index (κ3) is 3.47. The Morgan fingerprint density at radius 2 is 2.04 bits per heavy atom. The number of rotatable bonds is 4. The lowest BCUT2D eigenvalue weighted by atomic mass is 9.97. The molecule has 1 fully saturated rings. The van der Waals surface area contributed by atoms with Crippen molar-refractivity contribution in [1.82, 2.24) is 14.7 Å². The number of likely N-dealkylation sites (tertiary alicyclic amines) is 1. The van der Waals surface area contributed by atoms with Crippen LogP contribution >= 0.6 is 0 Å². The normalized spacial score (nSPS) is 22.2. The fraction of sp³-hybridized carbons (Fsp3) is 0.471. The van der Waals surface area contributed by atoms with Gasteiger partial charge in [0.2, 0.25) is 0 Å². The van der Waals surface area contributed by atoms with Crippen molar-refractivity contribution in [2.24, 2.45) is 0 Å². The minimum atomic E-state index is -4.40. The van der Waals surface area contributed by atoms with E-state index in [1.165, 1.54) is 12.1 Å². The average molecular weight is 339 g/mol. The Hall–Kier alpha value is -1.86. The van der Waals surface area contributed by atoms with Crippen LogP contribution in [0.3, 0.4) is 0 Å². The minimum Gasteiger partial charge on any atom is -0.392 e. The highest BCUT2D eigenvalue weighted by atomic mass is 19.4. The fourth-order valence-electron chi connectivity index (χ4n) is 3.32. The second kappa shape index (κ2) is 6.57. The zero-order valence-corrected chi connectivity index (χ0v) is 13.4. The van der Waals surface area contributed by atoms with Gasteiger partial charge in [-0.3, -0.25) is 9.58 Å². The number of aliphatic hydroxyl groups is 1. The highest BCUT2D eigenvalue weighted by Crippen LogP contribution is 2.40. The van der Waals surface area contributed by atoms with E-state index in [0.717, 1.165) is 18.2 Å². The second-order valence-electron chi connectivity index (χ2n) is 6.12. The maximum atomic E-state index is 13.3. The maximum absolute atomic E-state index is 13.3. The number of hydrogen-bond donors (Lipinski definition) is 1. The first-order valence-corrected chi connectivity index (χ1v) is 7.98. The Morgan fingerprint density at radius 1 is 1.29 bits per heavy atom. The quantitative estimate of drug-likeness (QED) is 0.930. The van der Waals surface area contributed by atoms with Gasteiger partial charge in [-0.05, 0) is 25.0 Å². The smallest absolute Gasteiger partial charge is 0.392 e. The van der Waals surface area contributed by atoms with Gasteiger partial charge in [0.15, 0.2) is 0 Å². The third-order valence-electron chi connectivity index (χ3n) is 4.40. The Bertz CT molecular complexity index is 698. The molecule has 0 saturated carbocycles. The third-order valence-corrected chi connectivity index (χ3v) is 4.40. The molecule has 0 spiro atoms. The molecular formula is C17H20F3N3O. The van der Waals surface area contributed by atoms with Crippen molar-refractivity contribution in [3.05, 3.63) is 53.3 Å². The van der Waals surface area contributed by atoms with E-state index in [1.807, 2.05) is 18.0 Å². The number of β-amino-alcohol motifs (C(OH)–C–C–N with tert-alkyl or cyclic N) is 1. The number of hydrogen-bond acceptors (Lipinski definition) is 3. The molecule has 24 heavy (non-hydrogen) atoms. The van der Waals surface area contributed by atoms with Crippen LogP contribution < -0.4 is 0 Å². The van der Waals surface area contributed by atoms with Crippen molar-refractivity contribution in [2.45, 2.75) is 44.8 Å². The number of aryl methyl sites for hydroxylation is 1. The standard InChI is InChI=1S/C17H20F3N3O/c1-2-23-10-12(8-21-23)9-22-11-13(24)7-16(22)14-5-3-4-6-15(14)17(18,19)20/h3-6,8,10,13,16,24H,2,7,9,11H2,1H3/t13-,16-/m1/s1. The lowest BCUT2D eigenvalue weighted by Crippen LogP contribution is -2.25. The molecule has 130 valence electrons. The van der Waals surface area contributed by atoms with Crippen LogP contribution in [0.25, 0.3) is 0 Å². The monoisotopic (exact) mass is 339 g/mol. The summed E-state index contributed by atoms with van der Waals surface area (Å²) in [6.45, 7) is 3.53. The van der Waals surface area contributed by atoms with Gasteiger partial charge in [-0.15, -0.1) is 0 Å². The molecule has 2 heterocycles. The van der Waals surface area contributed by atoms with Crippen LogP contribution in [0.1, 0.15) is 36.1 Å². The Labute approximate surface area is 138 Å². The molecule has 1 aliphatic rings. The van der Waals surface area contributed by atoms with Gasteiger partial charge in [-0.1, -0.05) is 18.2 Å². The van der Waals surface area contributed by atoms with E-state index in [9.17, 15) is 18.3 Å². The Balaban J connectivity index is 1.88. The van der Waals surface area contributed by atoms with Crippen LogP contribution in [0.5, 0.6) is 0 Å². The van der Waals surface area contributed by atoms with Gasteiger partial charge < -0.3 is 5.11 Å². The highest BCUT2D eigenvalue weighted by molar-refractivity contribution is 5.33. The van der Waals surface area contributed by atoms with Gasteiger partial charge in [0, 0.05) is 37.4 Å². The molecular weight excluding hydrogens is 319 g/mol. The molecule has 7 heteroatoms. The molecule has 1 saturated heterocycles. The predicted octanol–water partition coefficient (Wildman–Crippen LogP) is 3.23. The molecule has 0 radical (unpaired) electrons. The largest absolute Gasteiger partial charge is 0.416 e. The van der Waals surface area contributed by atoms with Crippen LogP contribution in [0.4, 0.5) is 13.2 Å². The molecule has 1 N–H and O–H groups in total. The maximum Gasteiger partial charge on any atom is 0.416 e. The molecule has 0 amide bonds. The molecule has 1 aromatic carbocycles. The highest BCUT2D eigenvalue weighted by Gasteiger charge is 2.39. The molecule has 1 aliphatic heterocycles. The van der Waals surface area contributed by atoms with Crippen LogP contribution in [0.15, 0.2) is 36.7 Å². The summed E-state index contributed by atoms with van der Waals surface area (Å²) in [6, 6.07) is 5.17. The van der Waals surface area contributed by atoms with E-state index in [2.05, 4.69) is 5.10 Å². The van der Waals surface area contributed by atoms with Crippen molar-refractivity contribution in [3.63, 3.8) is 0 Å². The molecule has 0 unspecified atom stereocenters. The van der Waals surface area contributed by atoms with Crippen molar-refractivity contribution in [2.75, 3.05) is 6.54 Å². The lowest BCUT2D eigenvalue weighted by molar-refractivity contribution is -0.138. The molecule has 0 aliphatic carbocycles. The number of halogens is 3. The van der Waals surface area contributed by atoms with Crippen molar-refractivity contribution < 1.29 is 18.3 Å². The summed E-state index contributed by atoms with van der Waals surface area (Å²) >= 11 is 0. The van der Waals surface area contributed by atoms with Crippen LogP contribution in [-0.4, -0.2) is 32.4 Å². The van der Waals surface area contributed by atoms with Crippen molar-refractivity contribution >= 4 is 0 Å². The zero-order valence-electron chi connectivity index (χ0n) is 13.4. The minimum absolute atomic E-state index is 0.226. The Kier molecular flexibility index (Phi) is 4.64. The predicted molar refractivity (Wildman–Crippen MR) is 83.1 cm³/mol. The number of aliphatic hydroxyl groups excluding tert-OH is 1. The van der Waals surface area contributed by atoms with Gasteiger partial charge in [-0.2, -0.15) is 18.3 Å². The fourth-order valence-corrected chi connectivity index (χ4v) is 3.32. The first-order valence-electron chi connectivity index (χ1n) is 7.98. The number of alkyl halides is 3. The summed E-state index contributed by atoms with van der Waals surface area (Å²) in [5.74, 6) is 0. The molecule has 2 atom stereocenters. The van der Waals surface area contributed by atoms with Crippen molar-refractivity contribution in [1.29, 1.82) is 0 Å². The van der Waals surface area contributed by atoms with E-state index >= 15 is 0 Å². The van der Waals surface area contributed by atoms with Crippen LogP contribution in [-0.2, 0) is 19.3 Å². The lowest BCUT2D eigenvalue weighted by Gasteiger charge is -2.26. The first kappa shape index (κ1) is 17.0. The molecule has 2 aromatic rings. The van der Waals surface area contributed by atoms with E-state index < -0.39 is 23.9 Å². The zero-order chi connectivity index (χ0) is 17.3. The van der Waals surface area contributed by atoms with E-state index in [1.54, 1.807) is 16.9 Å². The summed E-state index contributed by atoms with van der Waals surface area (Å²) in [6.07, 6.45) is -1.12.